The van der Waals surface area contributed by atoms with E-state index < -0.39 is 17.4 Å². The summed E-state index contributed by atoms with van der Waals surface area (Å²) in [6.45, 7) is 11.7. The monoisotopic (exact) mass is 294 g/mol. The molecule has 0 aliphatic rings. The number of aliphatic hydroxyl groups excluding tert-OH is 2. The van der Waals surface area contributed by atoms with E-state index in [1.165, 1.54) is 0 Å². The Balaban J connectivity index is -0.000000218. The topological polar surface area (TPSA) is 124 Å². The van der Waals surface area contributed by atoms with E-state index in [1.54, 1.807) is 34.6 Å². The maximum atomic E-state index is 10.0. The number of aliphatic hydroxyl groups is 2. The van der Waals surface area contributed by atoms with E-state index in [4.69, 9.17) is 20.6 Å². The number of carboxylic acid groups (broad SMARTS) is 1. The smallest absolute Gasteiger partial charge is 0.365 e. The highest BCUT2D eigenvalue weighted by atomic mass is 17.1. The first-order valence-corrected chi connectivity index (χ1v) is 5.81. The summed E-state index contributed by atoms with van der Waals surface area (Å²) < 4.78 is 0. The van der Waals surface area contributed by atoms with Gasteiger partial charge in [0, 0.05) is 11.5 Å². The maximum Gasteiger partial charge on any atom is 0.365 e. The summed E-state index contributed by atoms with van der Waals surface area (Å²) in [5.41, 5.74) is -0.889. The second-order valence-corrected chi connectivity index (χ2v) is 5.65. The fourth-order valence-corrected chi connectivity index (χ4v) is 0.0873. The molecule has 4 N–H and O–H groups in total. The zero-order chi connectivity index (χ0) is 17.0. The normalized spacial score (nSPS) is 10.2. The molecular weight excluding hydrogens is 268 g/mol. The standard InChI is InChI=1S/C5H10O2.C5H12O2.C3H4O3/c1-5(2,3)4(6)7;1-5(2,3-6)4-7;1-2-3(4)6-5/h1-3H3,(H,6,7);6-7H,3-4H2,1-2H3;2,5H,1H2. The molecule has 0 spiro atoms. The fraction of sp³-hybridized carbons (Fsp3) is 0.692. The zero-order valence-electron chi connectivity index (χ0n) is 12.7. The zero-order valence-corrected chi connectivity index (χ0v) is 12.7. The van der Waals surface area contributed by atoms with Gasteiger partial charge >= 0.3 is 11.9 Å². The Morgan fingerprint density at radius 3 is 1.40 bits per heavy atom. The highest BCUT2D eigenvalue weighted by molar-refractivity contribution is 5.80. The van der Waals surface area contributed by atoms with Gasteiger partial charge in [0.2, 0.25) is 0 Å². The average Bonchev–Trinajstić information content (AvgIpc) is 2.38. The van der Waals surface area contributed by atoms with E-state index in [0.29, 0.717) is 0 Å². The Kier molecular flexibility index (Phi) is 13.5. The minimum absolute atomic E-state index is 0.0451. The Hall–Kier alpha value is -1.44. The van der Waals surface area contributed by atoms with Crippen LogP contribution < -0.4 is 0 Å². The van der Waals surface area contributed by atoms with Crippen molar-refractivity contribution in [2.24, 2.45) is 10.8 Å². The SMILES string of the molecule is C=CC(=O)OO.CC(C)(C)C(=O)O.CC(C)(CO)CO. The van der Waals surface area contributed by atoms with Crippen molar-refractivity contribution in [1.29, 1.82) is 0 Å². The van der Waals surface area contributed by atoms with Gasteiger partial charge in [-0.05, 0) is 20.8 Å². The molecule has 0 radical (unpaired) electrons. The van der Waals surface area contributed by atoms with E-state index in [1.807, 2.05) is 0 Å². The molecule has 7 heteroatoms. The van der Waals surface area contributed by atoms with Crippen LogP contribution in [0.5, 0.6) is 0 Å². The third kappa shape index (κ3) is 18.9. The van der Waals surface area contributed by atoms with E-state index in [2.05, 4.69) is 11.5 Å². The van der Waals surface area contributed by atoms with E-state index in [-0.39, 0.29) is 18.6 Å². The number of aliphatic carboxylic acids is 1. The van der Waals surface area contributed by atoms with Crippen molar-refractivity contribution >= 4 is 11.9 Å². The molecule has 0 bridgehead atoms. The number of carbonyl (C=O) groups excluding carboxylic acids is 1. The highest BCUT2D eigenvalue weighted by Gasteiger charge is 2.18. The molecule has 0 rings (SSSR count). The van der Waals surface area contributed by atoms with Gasteiger partial charge in [-0.3, -0.25) is 9.68 Å². The molecule has 0 aromatic heterocycles. The van der Waals surface area contributed by atoms with E-state index in [9.17, 15) is 9.59 Å². The highest BCUT2D eigenvalue weighted by Crippen LogP contribution is 2.11. The van der Waals surface area contributed by atoms with Crippen LogP contribution >= 0.6 is 0 Å². The summed E-state index contributed by atoms with van der Waals surface area (Å²) in [4.78, 5) is 22.8. The maximum absolute atomic E-state index is 10.0. The average molecular weight is 294 g/mol. The predicted molar refractivity (Wildman–Crippen MR) is 74.0 cm³/mol. The van der Waals surface area contributed by atoms with Crippen molar-refractivity contribution in [3.63, 3.8) is 0 Å². The molecule has 0 amide bonds. The molecule has 120 valence electrons. The predicted octanol–water partition coefficient (Wildman–Crippen LogP) is 1.30. The van der Waals surface area contributed by atoms with Gasteiger partial charge in [-0.25, -0.2) is 4.79 Å². The number of carbonyl (C=O) groups is 2. The summed E-state index contributed by atoms with van der Waals surface area (Å²) in [6, 6.07) is 0. The summed E-state index contributed by atoms with van der Waals surface area (Å²) in [6.07, 6.45) is 0.861. The second kappa shape index (κ2) is 11.4. The van der Waals surface area contributed by atoms with Gasteiger partial charge in [0.25, 0.3) is 0 Å². The summed E-state index contributed by atoms with van der Waals surface area (Å²) >= 11 is 0. The Labute approximate surface area is 119 Å². The van der Waals surface area contributed by atoms with Gasteiger partial charge < -0.3 is 15.3 Å². The van der Waals surface area contributed by atoms with Crippen LogP contribution in [-0.2, 0) is 14.5 Å². The first kappa shape index (κ1) is 23.6. The summed E-state index contributed by atoms with van der Waals surface area (Å²) in [5.74, 6) is -1.59. The van der Waals surface area contributed by atoms with Gasteiger partial charge in [0.15, 0.2) is 0 Å². The van der Waals surface area contributed by atoms with Crippen molar-refractivity contribution < 1.29 is 35.1 Å². The van der Waals surface area contributed by atoms with Crippen LogP contribution in [0.25, 0.3) is 0 Å². The third-order valence-electron chi connectivity index (χ3n) is 1.75. The van der Waals surface area contributed by atoms with Gasteiger partial charge in [-0.1, -0.05) is 20.4 Å². The van der Waals surface area contributed by atoms with E-state index >= 15 is 0 Å². The van der Waals surface area contributed by atoms with E-state index in [0.717, 1.165) is 6.08 Å². The molecule has 0 aliphatic heterocycles. The Morgan fingerprint density at radius 1 is 1.10 bits per heavy atom. The van der Waals surface area contributed by atoms with Crippen molar-refractivity contribution in [2.45, 2.75) is 34.6 Å². The molecule has 0 heterocycles. The minimum Gasteiger partial charge on any atom is -0.481 e. The Morgan fingerprint density at radius 2 is 1.40 bits per heavy atom. The molecular formula is C13H26O7. The Bertz CT molecular complexity index is 284. The first-order valence-electron chi connectivity index (χ1n) is 5.81. The minimum atomic E-state index is -0.838. The van der Waals surface area contributed by atoms with Gasteiger partial charge in [0.05, 0.1) is 18.6 Å². The molecule has 0 unspecified atom stereocenters. The lowest BCUT2D eigenvalue weighted by Gasteiger charge is -2.16. The summed E-state index contributed by atoms with van der Waals surface area (Å²) in [7, 11) is 0. The first-order chi connectivity index (χ1) is 8.87. The quantitative estimate of drug-likeness (QED) is 0.351. The number of hydrogen-bond acceptors (Lipinski definition) is 6. The van der Waals surface area contributed by atoms with Crippen LogP contribution in [-0.4, -0.2) is 45.7 Å². The van der Waals surface area contributed by atoms with Gasteiger partial charge in [-0.2, -0.15) is 5.26 Å². The molecule has 0 aromatic rings. The molecule has 0 atom stereocenters. The number of rotatable bonds is 3. The van der Waals surface area contributed by atoms with Gasteiger partial charge in [0.1, 0.15) is 0 Å². The fourth-order valence-electron chi connectivity index (χ4n) is 0.0873. The number of hydrogen-bond donors (Lipinski definition) is 4. The molecule has 0 aromatic carbocycles. The largest absolute Gasteiger partial charge is 0.481 e. The van der Waals surface area contributed by atoms with Crippen molar-refractivity contribution in [2.75, 3.05) is 13.2 Å². The molecule has 0 fully saturated rings. The van der Waals surface area contributed by atoms with Crippen LogP contribution in [0.15, 0.2) is 12.7 Å². The summed E-state index contributed by atoms with van der Waals surface area (Å²) in [5, 5.41) is 32.5. The van der Waals surface area contributed by atoms with Crippen LogP contribution in [0.4, 0.5) is 0 Å². The van der Waals surface area contributed by atoms with Crippen LogP contribution in [0.2, 0.25) is 0 Å². The van der Waals surface area contributed by atoms with Crippen LogP contribution in [0.3, 0.4) is 0 Å². The molecule has 7 nitrogen and oxygen atoms in total. The molecule has 0 saturated carbocycles. The molecule has 0 aliphatic carbocycles. The van der Waals surface area contributed by atoms with Crippen LogP contribution in [0, 0.1) is 10.8 Å². The van der Waals surface area contributed by atoms with Crippen molar-refractivity contribution in [3.05, 3.63) is 12.7 Å². The third-order valence-corrected chi connectivity index (χ3v) is 1.75. The number of carboxylic acids is 1. The van der Waals surface area contributed by atoms with Crippen LogP contribution in [0.1, 0.15) is 34.6 Å². The lowest BCUT2D eigenvalue weighted by atomic mass is 9.97. The van der Waals surface area contributed by atoms with Gasteiger partial charge in [-0.15, -0.1) is 0 Å². The van der Waals surface area contributed by atoms with Crippen molar-refractivity contribution in [1.82, 2.24) is 0 Å². The molecule has 20 heavy (non-hydrogen) atoms. The lowest BCUT2D eigenvalue weighted by molar-refractivity contribution is -0.228. The molecule has 0 saturated heterocycles. The van der Waals surface area contributed by atoms with Crippen molar-refractivity contribution in [3.8, 4) is 0 Å². The second-order valence-electron chi connectivity index (χ2n) is 5.65. The lowest BCUT2D eigenvalue weighted by Crippen LogP contribution is -2.20.